The van der Waals surface area contributed by atoms with Crippen molar-refractivity contribution in [1.82, 2.24) is 14.8 Å². The lowest BCUT2D eigenvalue weighted by Gasteiger charge is -2.14. The molecule has 0 radical (unpaired) electrons. The molecular formula is C14H17BrClN3. The zero-order valence-corrected chi connectivity index (χ0v) is 13.2. The molecule has 0 amide bonds. The highest BCUT2D eigenvalue weighted by atomic mass is 79.9. The Morgan fingerprint density at radius 3 is 2.89 bits per heavy atom. The normalized spacial score (nSPS) is 12.6. The van der Waals surface area contributed by atoms with E-state index in [1.54, 1.807) is 6.33 Å². The third kappa shape index (κ3) is 4.05. The lowest BCUT2D eigenvalue weighted by atomic mass is 9.97. The monoisotopic (exact) mass is 341 g/mol. The van der Waals surface area contributed by atoms with Crippen molar-refractivity contribution in [2.45, 2.75) is 26.3 Å². The summed E-state index contributed by atoms with van der Waals surface area (Å²) in [5.74, 6) is 2.02. The van der Waals surface area contributed by atoms with E-state index in [4.69, 9.17) is 11.6 Å². The highest BCUT2D eigenvalue weighted by Gasteiger charge is 2.13. The van der Waals surface area contributed by atoms with Crippen LogP contribution >= 0.6 is 27.5 Å². The summed E-state index contributed by atoms with van der Waals surface area (Å²) in [6.07, 6.45) is 3.44. The Balaban J connectivity index is 2.04. The lowest BCUT2D eigenvalue weighted by Crippen LogP contribution is -2.14. The zero-order valence-electron chi connectivity index (χ0n) is 10.9. The van der Waals surface area contributed by atoms with Crippen molar-refractivity contribution in [3.05, 3.63) is 46.5 Å². The molecule has 1 aromatic heterocycles. The van der Waals surface area contributed by atoms with Gasteiger partial charge in [0.2, 0.25) is 0 Å². The predicted molar refractivity (Wildman–Crippen MR) is 81.5 cm³/mol. The summed E-state index contributed by atoms with van der Waals surface area (Å²) in [6.45, 7) is 2.92. The van der Waals surface area contributed by atoms with Crippen molar-refractivity contribution < 1.29 is 0 Å². The molecule has 5 heteroatoms. The van der Waals surface area contributed by atoms with E-state index in [1.807, 2.05) is 10.7 Å². The summed E-state index contributed by atoms with van der Waals surface area (Å²) in [4.78, 5) is 4.32. The van der Waals surface area contributed by atoms with Crippen molar-refractivity contribution in [2.75, 3.05) is 5.88 Å². The molecule has 0 spiro atoms. The Bertz CT molecular complexity index is 527. The van der Waals surface area contributed by atoms with Gasteiger partial charge in [0.1, 0.15) is 12.2 Å². The van der Waals surface area contributed by atoms with Crippen LogP contribution in [0.3, 0.4) is 0 Å². The zero-order chi connectivity index (χ0) is 13.7. The number of hydrogen-bond acceptors (Lipinski definition) is 2. The Morgan fingerprint density at radius 2 is 2.21 bits per heavy atom. The number of rotatable bonds is 6. The molecule has 0 aliphatic carbocycles. The molecule has 0 bridgehead atoms. The van der Waals surface area contributed by atoms with Gasteiger partial charge in [-0.3, -0.25) is 4.68 Å². The molecule has 1 heterocycles. The van der Waals surface area contributed by atoms with E-state index in [2.05, 4.69) is 51.1 Å². The molecule has 102 valence electrons. The minimum atomic E-state index is 0.380. The third-order valence-electron chi connectivity index (χ3n) is 3.10. The van der Waals surface area contributed by atoms with Gasteiger partial charge in [-0.1, -0.05) is 28.1 Å². The number of benzene rings is 1. The van der Waals surface area contributed by atoms with Gasteiger partial charge >= 0.3 is 0 Å². The average Bonchev–Trinajstić information content (AvgIpc) is 2.85. The van der Waals surface area contributed by atoms with Crippen LogP contribution in [-0.2, 0) is 19.4 Å². The highest BCUT2D eigenvalue weighted by Crippen LogP contribution is 2.18. The molecule has 1 atom stereocenters. The molecule has 0 N–H and O–H groups in total. The van der Waals surface area contributed by atoms with E-state index in [1.165, 1.54) is 5.56 Å². The Labute approximate surface area is 127 Å². The summed E-state index contributed by atoms with van der Waals surface area (Å²) >= 11 is 9.60. The van der Waals surface area contributed by atoms with Crippen molar-refractivity contribution in [1.29, 1.82) is 0 Å². The van der Waals surface area contributed by atoms with Crippen molar-refractivity contribution in [3.8, 4) is 0 Å². The first kappa shape index (κ1) is 14.5. The molecule has 0 saturated heterocycles. The number of nitrogens with zero attached hydrogens (tertiary/aromatic N) is 3. The first-order valence-corrected chi connectivity index (χ1v) is 7.72. The van der Waals surface area contributed by atoms with Gasteiger partial charge < -0.3 is 0 Å². The van der Waals surface area contributed by atoms with Crippen molar-refractivity contribution in [2.24, 2.45) is 5.92 Å². The van der Waals surface area contributed by atoms with Crippen LogP contribution in [0.4, 0.5) is 0 Å². The Hall–Kier alpha value is -0.870. The van der Waals surface area contributed by atoms with Gasteiger partial charge in [-0.05, 0) is 37.0 Å². The summed E-state index contributed by atoms with van der Waals surface area (Å²) in [7, 11) is 0. The fraction of sp³-hybridized carbons (Fsp3) is 0.429. The van der Waals surface area contributed by atoms with E-state index in [0.29, 0.717) is 11.8 Å². The number of alkyl halides is 1. The van der Waals surface area contributed by atoms with Crippen LogP contribution in [0.25, 0.3) is 0 Å². The fourth-order valence-corrected chi connectivity index (χ4v) is 2.81. The summed E-state index contributed by atoms with van der Waals surface area (Å²) in [6, 6.07) is 8.37. The molecule has 2 aromatic rings. The molecular weight excluding hydrogens is 326 g/mol. The lowest BCUT2D eigenvalue weighted by molar-refractivity contribution is 0.523. The maximum absolute atomic E-state index is 6.10. The third-order valence-corrected chi connectivity index (χ3v) is 4.03. The number of aryl methyl sites for hydroxylation is 1. The maximum atomic E-state index is 6.10. The average molecular weight is 343 g/mol. The molecule has 19 heavy (non-hydrogen) atoms. The van der Waals surface area contributed by atoms with Crippen molar-refractivity contribution >= 4 is 27.5 Å². The second-order valence-corrected chi connectivity index (χ2v) is 5.77. The minimum absolute atomic E-state index is 0.380. The van der Waals surface area contributed by atoms with Crippen molar-refractivity contribution in [3.63, 3.8) is 0 Å². The second-order valence-electron chi connectivity index (χ2n) is 4.55. The van der Waals surface area contributed by atoms with Crippen LogP contribution < -0.4 is 0 Å². The van der Waals surface area contributed by atoms with Gasteiger partial charge in [0.05, 0.1) is 0 Å². The van der Waals surface area contributed by atoms with E-state index in [0.717, 1.165) is 29.7 Å². The van der Waals surface area contributed by atoms with Gasteiger partial charge in [-0.2, -0.15) is 5.10 Å². The minimum Gasteiger partial charge on any atom is -0.250 e. The molecule has 1 unspecified atom stereocenters. The standard InChI is InChI=1S/C14H17BrClN3/c1-2-19-14(17-10-18-19)8-12(9-16)6-11-4-3-5-13(15)7-11/h3-5,7,10,12H,2,6,8-9H2,1H3. The predicted octanol–water partition coefficient (Wildman–Crippen LogP) is 3.70. The van der Waals surface area contributed by atoms with Crippen LogP contribution in [-0.4, -0.2) is 20.6 Å². The maximum Gasteiger partial charge on any atom is 0.138 e. The number of hydrogen-bond donors (Lipinski definition) is 0. The molecule has 1 aromatic carbocycles. The summed E-state index contributed by atoms with van der Waals surface area (Å²) < 4.78 is 3.04. The van der Waals surface area contributed by atoms with E-state index in [-0.39, 0.29) is 0 Å². The van der Waals surface area contributed by atoms with E-state index < -0.39 is 0 Å². The quantitative estimate of drug-likeness (QED) is 0.749. The summed E-state index contributed by atoms with van der Waals surface area (Å²) in [5, 5.41) is 4.20. The van der Waals surface area contributed by atoms with Gasteiger partial charge in [0.15, 0.2) is 0 Å². The first-order chi connectivity index (χ1) is 9.22. The molecule has 0 aliphatic heterocycles. The summed E-state index contributed by atoms with van der Waals surface area (Å²) in [5.41, 5.74) is 1.29. The van der Waals surface area contributed by atoms with Crippen LogP contribution in [0.2, 0.25) is 0 Å². The number of halogens is 2. The molecule has 0 fully saturated rings. The van der Waals surface area contributed by atoms with Crippen LogP contribution in [0.15, 0.2) is 35.1 Å². The highest BCUT2D eigenvalue weighted by molar-refractivity contribution is 9.10. The van der Waals surface area contributed by atoms with E-state index >= 15 is 0 Å². The van der Waals surface area contributed by atoms with Gasteiger partial charge in [0.25, 0.3) is 0 Å². The smallest absolute Gasteiger partial charge is 0.138 e. The van der Waals surface area contributed by atoms with Gasteiger partial charge in [0, 0.05) is 23.3 Å². The van der Waals surface area contributed by atoms with Crippen LogP contribution in [0.1, 0.15) is 18.3 Å². The van der Waals surface area contributed by atoms with E-state index in [9.17, 15) is 0 Å². The number of aromatic nitrogens is 3. The topological polar surface area (TPSA) is 30.7 Å². The SMILES string of the molecule is CCn1ncnc1CC(CCl)Cc1cccc(Br)c1. The molecule has 3 nitrogen and oxygen atoms in total. The molecule has 2 rings (SSSR count). The Morgan fingerprint density at radius 1 is 1.37 bits per heavy atom. The molecule has 0 aliphatic rings. The van der Waals surface area contributed by atoms with Gasteiger partial charge in [-0.25, -0.2) is 4.98 Å². The molecule has 0 saturated carbocycles. The van der Waals surface area contributed by atoms with Crippen LogP contribution in [0, 0.1) is 5.92 Å². The first-order valence-electron chi connectivity index (χ1n) is 6.40. The Kier molecular flexibility index (Phi) is 5.40. The van der Waals surface area contributed by atoms with Gasteiger partial charge in [-0.15, -0.1) is 11.6 Å². The fourth-order valence-electron chi connectivity index (χ4n) is 2.15. The second kappa shape index (κ2) is 7.06. The largest absolute Gasteiger partial charge is 0.250 e. The van der Waals surface area contributed by atoms with Crippen LogP contribution in [0.5, 0.6) is 0 Å².